The van der Waals surface area contributed by atoms with Crippen LogP contribution in [0.25, 0.3) is 88.7 Å². The molecule has 1 aromatic heterocycles. The van der Waals surface area contributed by atoms with Crippen LogP contribution >= 0.6 is 0 Å². The summed E-state index contributed by atoms with van der Waals surface area (Å²) in [5, 5.41) is 7.47. The van der Waals surface area contributed by atoms with Crippen molar-refractivity contribution in [1.29, 1.82) is 0 Å². The molecule has 0 saturated heterocycles. The van der Waals surface area contributed by atoms with E-state index in [1.54, 1.807) is 0 Å². The molecule has 3 nitrogen and oxygen atoms in total. The van der Waals surface area contributed by atoms with Crippen molar-refractivity contribution in [3.63, 3.8) is 0 Å². The molecule has 9 aromatic rings. The van der Waals surface area contributed by atoms with Crippen LogP contribution in [-0.4, -0.2) is 15.0 Å². The third kappa shape index (κ3) is 4.39. The molecule has 8 aromatic carbocycles. The van der Waals surface area contributed by atoms with Gasteiger partial charge in [-0.15, -0.1) is 0 Å². The van der Waals surface area contributed by atoms with E-state index in [9.17, 15) is 0 Å². The van der Waals surface area contributed by atoms with Crippen molar-refractivity contribution in [3.05, 3.63) is 174 Å². The van der Waals surface area contributed by atoms with Crippen LogP contribution < -0.4 is 0 Å². The lowest BCUT2D eigenvalue weighted by molar-refractivity contribution is 0.661. The van der Waals surface area contributed by atoms with Crippen LogP contribution in [0.5, 0.6) is 0 Å². The van der Waals surface area contributed by atoms with Crippen LogP contribution in [0.15, 0.2) is 152 Å². The second-order valence-electron chi connectivity index (χ2n) is 16.1. The van der Waals surface area contributed by atoms with E-state index in [-0.39, 0.29) is 10.8 Å². The van der Waals surface area contributed by atoms with Crippen molar-refractivity contribution < 1.29 is 0 Å². The molecule has 3 heteroatoms. The Morgan fingerprint density at radius 2 is 0.722 bits per heavy atom. The van der Waals surface area contributed by atoms with E-state index < -0.39 is 0 Å². The summed E-state index contributed by atoms with van der Waals surface area (Å²) in [6, 6.07) is 55.1. The van der Waals surface area contributed by atoms with E-state index >= 15 is 0 Å². The Morgan fingerprint density at radius 1 is 0.333 bits per heavy atom. The van der Waals surface area contributed by atoms with Crippen molar-refractivity contribution in [2.24, 2.45) is 0 Å². The molecule has 1 heterocycles. The van der Waals surface area contributed by atoms with E-state index in [2.05, 4.69) is 179 Å². The zero-order valence-electron chi connectivity index (χ0n) is 30.8. The van der Waals surface area contributed by atoms with Crippen molar-refractivity contribution in [3.8, 4) is 56.4 Å². The summed E-state index contributed by atoms with van der Waals surface area (Å²) in [6.45, 7) is 9.35. The summed E-state index contributed by atoms with van der Waals surface area (Å²) in [7, 11) is 0. The van der Waals surface area contributed by atoms with Gasteiger partial charge in [-0.1, -0.05) is 161 Å². The minimum Gasteiger partial charge on any atom is -0.208 e. The van der Waals surface area contributed by atoms with Gasteiger partial charge in [-0.25, -0.2) is 15.0 Å². The first-order chi connectivity index (χ1) is 26.3. The summed E-state index contributed by atoms with van der Waals surface area (Å²) >= 11 is 0. The van der Waals surface area contributed by atoms with Crippen molar-refractivity contribution in [2.45, 2.75) is 38.5 Å². The molecule has 0 aliphatic heterocycles. The first-order valence-corrected chi connectivity index (χ1v) is 18.9. The molecule has 11 rings (SSSR count). The maximum Gasteiger partial charge on any atom is 0.164 e. The largest absolute Gasteiger partial charge is 0.208 e. The summed E-state index contributed by atoms with van der Waals surface area (Å²) in [4.78, 5) is 15.7. The Balaban J connectivity index is 1.10. The van der Waals surface area contributed by atoms with Crippen LogP contribution in [0.3, 0.4) is 0 Å². The second-order valence-corrected chi connectivity index (χ2v) is 16.1. The Hall–Kier alpha value is -6.45. The van der Waals surface area contributed by atoms with Gasteiger partial charge in [0.2, 0.25) is 0 Å². The Morgan fingerprint density at radius 3 is 1.22 bits per heavy atom. The predicted octanol–water partition coefficient (Wildman–Crippen LogP) is 12.9. The fourth-order valence-electron chi connectivity index (χ4n) is 9.38. The highest BCUT2D eigenvalue weighted by molar-refractivity contribution is 6.04. The molecule has 0 N–H and O–H groups in total. The van der Waals surface area contributed by atoms with Gasteiger partial charge in [-0.3, -0.25) is 0 Å². The highest BCUT2D eigenvalue weighted by atomic mass is 15.0. The van der Waals surface area contributed by atoms with Gasteiger partial charge in [0.15, 0.2) is 17.5 Å². The first-order valence-electron chi connectivity index (χ1n) is 18.9. The molecule has 2 aliphatic rings. The lowest BCUT2D eigenvalue weighted by atomic mass is 9.81. The van der Waals surface area contributed by atoms with Crippen molar-refractivity contribution >= 4 is 32.3 Å². The van der Waals surface area contributed by atoms with E-state index in [1.807, 2.05) is 0 Å². The van der Waals surface area contributed by atoms with Crippen molar-refractivity contribution in [2.75, 3.05) is 0 Å². The molecule has 0 radical (unpaired) electrons. The molecule has 0 unspecified atom stereocenters. The molecule has 2 aliphatic carbocycles. The fourth-order valence-corrected chi connectivity index (χ4v) is 9.38. The van der Waals surface area contributed by atoms with E-state index in [0.717, 1.165) is 22.1 Å². The van der Waals surface area contributed by atoms with Crippen LogP contribution in [-0.2, 0) is 10.8 Å². The number of nitrogens with zero attached hydrogens (tertiary/aromatic N) is 3. The molecule has 0 atom stereocenters. The predicted molar refractivity (Wildman–Crippen MR) is 224 cm³/mol. The molecule has 0 fully saturated rings. The van der Waals surface area contributed by atoms with Crippen molar-refractivity contribution in [1.82, 2.24) is 15.0 Å². The maximum atomic E-state index is 5.28. The lowest BCUT2D eigenvalue weighted by Crippen LogP contribution is -2.15. The van der Waals surface area contributed by atoms with Gasteiger partial charge in [0, 0.05) is 27.5 Å². The molecular weight excluding hydrogens is 655 g/mol. The van der Waals surface area contributed by atoms with E-state index in [0.29, 0.717) is 17.5 Å². The maximum absolute atomic E-state index is 5.28. The SMILES string of the molecule is CC1(C)c2cc(-c3nc(-c4ccc5c(c4)C(C)(C)c4ccc6ccccc6c4-5)nc(-c4ccc5ccccc5c4)n3)ccc2-c2c1ccc1ccccc21. The number of benzene rings is 8. The number of rotatable bonds is 3. The fraction of sp³-hybridized carbons (Fsp3) is 0.118. The third-order valence-corrected chi connectivity index (χ3v) is 12.3. The topological polar surface area (TPSA) is 38.7 Å². The summed E-state index contributed by atoms with van der Waals surface area (Å²) < 4.78 is 0. The van der Waals surface area contributed by atoms with Gasteiger partial charge in [0.1, 0.15) is 0 Å². The van der Waals surface area contributed by atoms with Crippen LogP contribution in [0, 0.1) is 0 Å². The minimum absolute atomic E-state index is 0.174. The molecule has 0 spiro atoms. The second kappa shape index (κ2) is 11.0. The average Bonchev–Trinajstić information content (AvgIpc) is 3.59. The highest BCUT2D eigenvalue weighted by Crippen LogP contribution is 2.53. The molecule has 256 valence electrons. The van der Waals surface area contributed by atoms with Gasteiger partial charge in [-0.2, -0.15) is 0 Å². The Labute approximate surface area is 315 Å². The van der Waals surface area contributed by atoms with Gasteiger partial charge >= 0.3 is 0 Å². The van der Waals surface area contributed by atoms with Crippen LogP contribution in [0.4, 0.5) is 0 Å². The quantitative estimate of drug-likeness (QED) is 0.185. The lowest BCUT2D eigenvalue weighted by Gasteiger charge is -2.22. The molecular formula is C51H37N3. The van der Waals surface area contributed by atoms with Gasteiger partial charge < -0.3 is 0 Å². The molecule has 0 bridgehead atoms. The summed E-state index contributed by atoms with van der Waals surface area (Å²) in [6.07, 6.45) is 0. The molecule has 0 saturated carbocycles. The van der Waals surface area contributed by atoms with Gasteiger partial charge in [0.05, 0.1) is 0 Å². The third-order valence-electron chi connectivity index (χ3n) is 12.3. The number of hydrogen-bond acceptors (Lipinski definition) is 3. The van der Waals surface area contributed by atoms with Crippen LogP contribution in [0.1, 0.15) is 49.9 Å². The zero-order chi connectivity index (χ0) is 36.3. The van der Waals surface area contributed by atoms with Gasteiger partial charge in [-0.05, 0) is 95.0 Å². The smallest absolute Gasteiger partial charge is 0.164 e. The summed E-state index contributed by atoms with van der Waals surface area (Å²) in [5.74, 6) is 2.03. The minimum atomic E-state index is -0.174. The first kappa shape index (κ1) is 31.1. The number of hydrogen-bond donors (Lipinski definition) is 0. The normalized spacial score (nSPS) is 14.6. The van der Waals surface area contributed by atoms with E-state index in [1.165, 1.54) is 71.4 Å². The standard InChI is InChI=1S/C51H37N3/c1-50(2)41-25-21-31-12-7-9-15-37(31)45(41)39-23-19-35(28-43(39)50)48-52-47(34-18-17-30-11-5-6-14-33(30)27-34)53-49(54-48)36-20-24-40-44(29-36)51(3,4)42-26-22-32-13-8-10-16-38(32)46(40)42/h5-29H,1-4H3. The average molecular weight is 692 g/mol. The number of aromatic nitrogens is 3. The van der Waals surface area contributed by atoms with Crippen LogP contribution in [0.2, 0.25) is 0 Å². The van der Waals surface area contributed by atoms with E-state index in [4.69, 9.17) is 15.0 Å². The van der Waals surface area contributed by atoms with Gasteiger partial charge in [0.25, 0.3) is 0 Å². The molecule has 54 heavy (non-hydrogen) atoms. The highest BCUT2D eigenvalue weighted by Gasteiger charge is 2.38. The Kier molecular flexibility index (Phi) is 6.36. The Bertz CT molecular complexity index is 2890. The number of fused-ring (bicyclic) bond motifs is 11. The zero-order valence-corrected chi connectivity index (χ0v) is 30.8. The summed E-state index contributed by atoms with van der Waals surface area (Å²) in [5.41, 5.74) is 13.2. The molecule has 0 amide bonds. The monoisotopic (exact) mass is 691 g/mol.